The summed E-state index contributed by atoms with van der Waals surface area (Å²) in [7, 11) is 0. The Morgan fingerprint density at radius 1 is 1.20 bits per heavy atom. The number of aliphatic carboxylic acids is 1. The number of carbonyl (C=O) groups excluding carboxylic acids is 2. The van der Waals surface area contributed by atoms with Crippen LogP contribution in [0.4, 0.5) is 0 Å². The van der Waals surface area contributed by atoms with Crippen molar-refractivity contribution in [2.45, 2.75) is 32.6 Å². The van der Waals surface area contributed by atoms with Gasteiger partial charge in [0.25, 0.3) is 5.91 Å². The first-order chi connectivity index (χ1) is 11.9. The van der Waals surface area contributed by atoms with Gasteiger partial charge in [0.1, 0.15) is 5.75 Å². The van der Waals surface area contributed by atoms with Crippen LogP contribution in [0.2, 0.25) is 5.02 Å². The first kappa shape index (κ1) is 19.1. The molecule has 2 amide bonds. The summed E-state index contributed by atoms with van der Waals surface area (Å²) in [5, 5.41) is 9.79. The number of hydrazine groups is 1. The van der Waals surface area contributed by atoms with E-state index in [1.54, 1.807) is 18.2 Å². The molecule has 7 nitrogen and oxygen atoms in total. The van der Waals surface area contributed by atoms with Gasteiger partial charge in [0.05, 0.1) is 11.8 Å². The van der Waals surface area contributed by atoms with E-state index < -0.39 is 29.6 Å². The molecule has 2 unspecified atom stereocenters. The van der Waals surface area contributed by atoms with Crippen LogP contribution < -0.4 is 15.6 Å². The summed E-state index contributed by atoms with van der Waals surface area (Å²) >= 11 is 5.91. The van der Waals surface area contributed by atoms with E-state index in [1.165, 1.54) is 0 Å². The number of aryl methyl sites for hydroxylation is 1. The molecule has 1 saturated carbocycles. The largest absolute Gasteiger partial charge is 0.484 e. The Bertz CT molecular complexity index is 664. The molecule has 0 heterocycles. The van der Waals surface area contributed by atoms with Crippen LogP contribution in [0.1, 0.15) is 31.2 Å². The molecule has 0 spiro atoms. The van der Waals surface area contributed by atoms with Gasteiger partial charge in [0.2, 0.25) is 5.91 Å². The molecular formula is C17H21ClN2O5. The van der Waals surface area contributed by atoms with Crippen LogP contribution in [-0.4, -0.2) is 29.5 Å². The third-order valence-corrected chi connectivity index (χ3v) is 4.67. The fourth-order valence-corrected chi connectivity index (χ4v) is 2.97. The Morgan fingerprint density at radius 3 is 2.52 bits per heavy atom. The molecule has 25 heavy (non-hydrogen) atoms. The smallest absolute Gasteiger partial charge is 0.307 e. The molecule has 1 aliphatic carbocycles. The molecule has 0 radical (unpaired) electrons. The number of ether oxygens (including phenoxy) is 1. The van der Waals surface area contributed by atoms with Crippen molar-refractivity contribution in [3.05, 3.63) is 28.8 Å². The van der Waals surface area contributed by atoms with E-state index >= 15 is 0 Å². The standard InChI is InChI=1S/C17H21ClN2O5/c1-10-8-11(6-7-14(10)18)25-9-15(21)19-20-16(22)12-4-2-3-5-13(12)17(23)24/h6-8,12-13H,2-5,9H2,1H3,(H,19,21)(H,20,22)(H,23,24). The van der Waals surface area contributed by atoms with Crippen LogP contribution in [-0.2, 0) is 14.4 Å². The minimum absolute atomic E-state index is 0.283. The van der Waals surface area contributed by atoms with E-state index in [-0.39, 0.29) is 6.61 Å². The summed E-state index contributed by atoms with van der Waals surface area (Å²) in [6, 6.07) is 5.01. The zero-order chi connectivity index (χ0) is 18.4. The van der Waals surface area contributed by atoms with Crippen molar-refractivity contribution in [2.24, 2.45) is 11.8 Å². The van der Waals surface area contributed by atoms with Crippen molar-refractivity contribution < 1.29 is 24.2 Å². The lowest BCUT2D eigenvalue weighted by Gasteiger charge is -2.27. The summed E-state index contributed by atoms with van der Waals surface area (Å²) < 4.78 is 5.32. The molecule has 136 valence electrons. The summed E-state index contributed by atoms with van der Waals surface area (Å²) in [6.45, 7) is 1.53. The molecule has 0 aliphatic heterocycles. The molecule has 8 heteroatoms. The highest BCUT2D eigenvalue weighted by molar-refractivity contribution is 6.31. The van der Waals surface area contributed by atoms with E-state index in [1.807, 2.05) is 6.92 Å². The van der Waals surface area contributed by atoms with Gasteiger partial charge in [-0.25, -0.2) is 0 Å². The summed E-state index contributed by atoms with van der Waals surface area (Å²) in [4.78, 5) is 35.1. The van der Waals surface area contributed by atoms with Crippen molar-refractivity contribution in [3.8, 4) is 5.75 Å². The van der Waals surface area contributed by atoms with Crippen LogP contribution in [0.15, 0.2) is 18.2 Å². The number of carbonyl (C=O) groups is 3. The van der Waals surface area contributed by atoms with Gasteiger partial charge < -0.3 is 9.84 Å². The average molecular weight is 369 g/mol. The fourth-order valence-electron chi connectivity index (χ4n) is 2.86. The monoisotopic (exact) mass is 368 g/mol. The Hall–Kier alpha value is -2.28. The van der Waals surface area contributed by atoms with Gasteiger partial charge in [-0.15, -0.1) is 0 Å². The molecular weight excluding hydrogens is 348 g/mol. The number of amides is 2. The van der Waals surface area contributed by atoms with Crippen LogP contribution in [0.3, 0.4) is 0 Å². The van der Waals surface area contributed by atoms with E-state index in [2.05, 4.69) is 10.9 Å². The number of carboxylic acid groups (broad SMARTS) is 1. The maximum atomic E-state index is 12.1. The number of hydrogen-bond donors (Lipinski definition) is 3. The Morgan fingerprint density at radius 2 is 1.88 bits per heavy atom. The van der Waals surface area contributed by atoms with Gasteiger partial charge in [-0.05, 0) is 43.5 Å². The molecule has 2 atom stereocenters. The average Bonchev–Trinajstić information content (AvgIpc) is 2.60. The van der Waals surface area contributed by atoms with Gasteiger partial charge in [0, 0.05) is 5.02 Å². The third kappa shape index (κ3) is 5.35. The van der Waals surface area contributed by atoms with Gasteiger partial charge >= 0.3 is 5.97 Å². The van der Waals surface area contributed by atoms with E-state index in [9.17, 15) is 19.5 Å². The second kappa shape index (κ2) is 8.71. The van der Waals surface area contributed by atoms with Gasteiger partial charge in [-0.3, -0.25) is 25.2 Å². The minimum Gasteiger partial charge on any atom is -0.484 e. The van der Waals surface area contributed by atoms with Crippen molar-refractivity contribution in [1.82, 2.24) is 10.9 Å². The lowest BCUT2D eigenvalue weighted by atomic mass is 9.79. The van der Waals surface area contributed by atoms with Crippen molar-refractivity contribution in [2.75, 3.05) is 6.61 Å². The molecule has 2 rings (SSSR count). The maximum Gasteiger partial charge on any atom is 0.307 e. The predicted molar refractivity (Wildman–Crippen MR) is 91.1 cm³/mol. The number of benzene rings is 1. The molecule has 3 N–H and O–H groups in total. The summed E-state index contributed by atoms with van der Waals surface area (Å²) in [5.41, 5.74) is 5.37. The van der Waals surface area contributed by atoms with Crippen molar-refractivity contribution >= 4 is 29.4 Å². The fraction of sp³-hybridized carbons (Fsp3) is 0.471. The highest BCUT2D eigenvalue weighted by Crippen LogP contribution is 2.30. The van der Waals surface area contributed by atoms with Crippen molar-refractivity contribution in [3.63, 3.8) is 0 Å². The van der Waals surface area contributed by atoms with Crippen LogP contribution in [0.5, 0.6) is 5.75 Å². The van der Waals surface area contributed by atoms with Crippen LogP contribution in [0.25, 0.3) is 0 Å². The van der Waals surface area contributed by atoms with E-state index in [4.69, 9.17) is 16.3 Å². The first-order valence-electron chi connectivity index (χ1n) is 8.09. The first-order valence-corrected chi connectivity index (χ1v) is 8.46. The SMILES string of the molecule is Cc1cc(OCC(=O)NNC(=O)C2CCCCC2C(=O)O)ccc1Cl. The van der Waals surface area contributed by atoms with Crippen molar-refractivity contribution in [1.29, 1.82) is 0 Å². The highest BCUT2D eigenvalue weighted by Gasteiger charge is 2.35. The lowest BCUT2D eigenvalue weighted by molar-refractivity contribution is -0.149. The number of hydrogen-bond acceptors (Lipinski definition) is 4. The quantitative estimate of drug-likeness (QED) is 0.690. The third-order valence-electron chi connectivity index (χ3n) is 4.24. The summed E-state index contributed by atoms with van der Waals surface area (Å²) in [6.07, 6.45) is 2.57. The number of carboxylic acids is 1. The zero-order valence-corrected chi connectivity index (χ0v) is 14.6. The second-order valence-corrected chi connectivity index (χ2v) is 6.48. The maximum absolute atomic E-state index is 12.1. The van der Waals surface area contributed by atoms with E-state index in [0.29, 0.717) is 23.6 Å². The number of nitrogens with one attached hydrogen (secondary N) is 2. The van der Waals surface area contributed by atoms with Gasteiger partial charge in [-0.1, -0.05) is 24.4 Å². The number of halogens is 1. The normalized spacial score (nSPS) is 19.8. The lowest BCUT2D eigenvalue weighted by Crippen LogP contribution is -2.49. The molecule has 1 aromatic rings. The molecule has 0 bridgehead atoms. The van der Waals surface area contributed by atoms with Gasteiger partial charge in [-0.2, -0.15) is 0 Å². The molecule has 1 aliphatic rings. The molecule has 1 fully saturated rings. The Labute approximate surface area is 150 Å². The highest BCUT2D eigenvalue weighted by atomic mass is 35.5. The predicted octanol–water partition coefficient (Wildman–Crippen LogP) is 2.07. The Kier molecular flexibility index (Phi) is 6.64. The van der Waals surface area contributed by atoms with Gasteiger partial charge in [0.15, 0.2) is 6.61 Å². The van der Waals surface area contributed by atoms with E-state index in [0.717, 1.165) is 18.4 Å². The molecule has 0 aromatic heterocycles. The zero-order valence-electron chi connectivity index (χ0n) is 13.9. The second-order valence-electron chi connectivity index (χ2n) is 6.07. The molecule has 1 aromatic carbocycles. The topological polar surface area (TPSA) is 105 Å². The van der Waals surface area contributed by atoms with Crippen LogP contribution in [0, 0.1) is 18.8 Å². The summed E-state index contributed by atoms with van der Waals surface area (Å²) in [5.74, 6) is -2.86. The minimum atomic E-state index is -0.979. The molecule has 0 saturated heterocycles. The Balaban J connectivity index is 1.79. The van der Waals surface area contributed by atoms with Crippen LogP contribution >= 0.6 is 11.6 Å². The number of rotatable bonds is 5.